The van der Waals surface area contributed by atoms with Crippen LogP contribution in [0.5, 0.6) is 0 Å². The van der Waals surface area contributed by atoms with Gasteiger partial charge in [0.05, 0.1) is 12.7 Å². The molecule has 0 aromatic rings. The van der Waals surface area contributed by atoms with E-state index in [2.05, 4.69) is 5.48 Å². The third-order valence-electron chi connectivity index (χ3n) is 1.02. The van der Waals surface area contributed by atoms with E-state index in [1.807, 2.05) is 13.8 Å². The number of hydroxylamine groups is 1. The third-order valence-corrected chi connectivity index (χ3v) is 1.02. The molecule has 0 aliphatic heterocycles. The molecule has 3 heteroatoms. The highest BCUT2D eigenvalue weighted by Crippen LogP contribution is 1.82. The van der Waals surface area contributed by atoms with Crippen LogP contribution in [0.4, 0.5) is 0 Å². The van der Waals surface area contributed by atoms with Gasteiger partial charge in [-0.15, -0.1) is 0 Å². The van der Waals surface area contributed by atoms with Crippen molar-refractivity contribution in [3.8, 4) is 0 Å². The second kappa shape index (κ2) is 6.01. The highest BCUT2D eigenvalue weighted by Gasteiger charge is 1.95. The van der Waals surface area contributed by atoms with Crippen molar-refractivity contribution in [2.75, 3.05) is 20.3 Å². The molecule has 0 rings (SSSR count). The van der Waals surface area contributed by atoms with Crippen LogP contribution in [0, 0.1) is 0 Å². The van der Waals surface area contributed by atoms with E-state index in [1.165, 1.54) is 0 Å². The predicted octanol–water partition coefficient (Wildman–Crippen LogP) is 0.562. The molecule has 0 amide bonds. The SMILES string of the molecule is CCONCC(C)OC. The maximum absolute atomic E-state index is 4.95. The molecule has 1 N–H and O–H groups in total. The van der Waals surface area contributed by atoms with Gasteiger partial charge in [-0.25, -0.2) is 0 Å². The first kappa shape index (κ1) is 8.88. The van der Waals surface area contributed by atoms with Crippen molar-refractivity contribution in [3.63, 3.8) is 0 Å². The van der Waals surface area contributed by atoms with Crippen molar-refractivity contribution in [2.24, 2.45) is 0 Å². The van der Waals surface area contributed by atoms with Gasteiger partial charge >= 0.3 is 0 Å². The molecule has 0 saturated carbocycles. The largest absolute Gasteiger partial charge is 0.380 e. The molecule has 1 unspecified atom stereocenters. The maximum Gasteiger partial charge on any atom is 0.0690 e. The van der Waals surface area contributed by atoms with Gasteiger partial charge in [0.15, 0.2) is 0 Å². The van der Waals surface area contributed by atoms with Crippen LogP contribution in [0.15, 0.2) is 0 Å². The maximum atomic E-state index is 4.95. The molecule has 9 heavy (non-hydrogen) atoms. The van der Waals surface area contributed by atoms with Gasteiger partial charge in [0.2, 0.25) is 0 Å². The number of nitrogens with one attached hydrogen (secondary N) is 1. The van der Waals surface area contributed by atoms with E-state index >= 15 is 0 Å². The summed E-state index contributed by atoms with van der Waals surface area (Å²) in [5.41, 5.74) is 2.76. The zero-order valence-corrected chi connectivity index (χ0v) is 6.31. The van der Waals surface area contributed by atoms with Crippen molar-refractivity contribution in [1.82, 2.24) is 5.48 Å². The first-order valence-electron chi connectivity index (χ1n) is 3.18. The van der Waals surface area contributed by atoms with E-state index in [0.717, 1.165) is 6.54 Å². The smallest absolute Gasteiger partial charge is 0.0690 e. The van der Waals surface area contributed by atoms with Gasteiger partial charge in [0.25, 0.3) is 0 Å². The Kier molecular flexibility index (Phi) is 5.93. The zero-order valence-electron chi connectivity index (χ0n) is 6.31. The number of ether oxygens (including phenoxy) is 1. The molecular weight excluding hydrogens is 118 g/mol. The topological polar surface area (TPSA) is 30.5 Å². The lowest BCUT2D eigenvalue weighted by molar-refractivity contribution is 0.0130. The summed E-state index contributed by atoms with van der Waals surface area (Å²) in [6.07, 6.45) is 0.219. The Labute approximate surface area is 56.3 Å². The summed E-state index contributed by atoms with van der Waals surface area (Å²) in [5.74, 6) is 0. The number of hydrogen-bond acceptors (Lipinski definition) is 3. The summed E-state index contributed by atoms with van der Waals surface area (Å²) in [6.45, 7) is 5.34. The number of rotatable bonds is 5. The van der Waals surface area contributed by atoms with Crippen molar-refractivity contribution >= 4 is 0 Å². The van der Waals surface area contributed by atoms with Crippen LogP contribution in [0.1, 0.15) is 13.8 Å². The van der Waals surface area contributed by atoms with Gasteiger partial charge in [0, 0.05) is 13.7 Å². The summed E-state index contributed by atoms with van der Waals surface area (Å²) in [6, 6.07) is 0. The van der Waals surface area contributed by atoms with Crippen LogP contribution in [-0.2, 0) is 9.57 Å². The highest BCUT2D eigenvalue weighted by atomic mass is 16.6. The molecule has 0 bridgehead atoms. The second-order valence-corrected chi connectivity index (χ2v) is 1.83. The quantitative estimate of drug-likeness (QED) is 0.439. The van der Waals surface area contributed by atoms with Crippen molar-refractivity contribution in [2.45, 2.75) is 20.0 Å². The van der Waals surface area contributed by atoms with Gasteiger partial charge in [-0.05, 0) is 13.8 Å². The Morgan fingerprint density at radius 1 is 1.56 bits per heavy atom. The third kappa shape index (κ3) is 5.76. The van der Waals surface area contributed by atoms with Gasteiger partial charge in [0.1, 0.15) is 0 Å². The molecule has 0 heterocycles. The van der Waals surface area contributed by atoms with E-state index < -0.39 is 0 Å². The Bertz CT molecular complexity index is 59.0. The van der Waals surface area contributed by atoms with Gasteiger partial charge in [-0.1, -0.05) is 0 Å². The molecule has 0 aromatic heterocycles. The molecule has 56 valence electrons. The lowest BCUT2D eigenvalue weighted by atomic mass is 10.4. The van der Waals surface area contributed by atoms with E-state index in [9.17, 15) is 0 Å². The Hall–Kier alpha value is -0.120. The van der Waals surface area contributed by atoms with Crippen LogP contribution in [0.2, 0.25) is 0 Å². The van der Waals surface area contributed by atoms with Crippen LogP contribution in [-0.4, -0.2) is 26.4 Å². The molecule has 0 spiro atoms. The van der Waals surface area contributed by atoms with Crippen LogP contribution < -0.4 is 5.48 Å². The molecular formula is C6H15NO2. The van der Waals surface area contributed by atoms with Crippen LogP contribution in [0.3, 0.4) is 0 Å². The average molecular weight is 133 g/mol. The lowest BCUT2D eigenvalue weighted by Crippen LogP contribution is -2.26. The second-order valence-electron chi connectivity index (χ2n) is 1.83. The Balaban J connectivity index is 2.88. The minimum Gasteiger partial charge on any atom is -0.380 e. The van der Waals surface area contributed by atoms with E-state index in [-0.39, 0.29) is 6.10 Å². The van der Waals surface area contributed by atoms with Crippen LogP contribution >= 0.6 is 0 Å². The van der Waals surface area contributed by atoms with Gasteiger partial charge in [-0.3, -0.25) is 0 Å². The average Bonchev–Trinajstić information content (AvgIpc) is 1.89. The Morgan fingerprint density at radius 3 is 2.67 bits per heavy atom. The summed E-state index contributed by atoms with van der Waals surface area (Å²) in [7, 11) is 1.68. The molecule has 0 aliphatic carbocycles. The molecule has 0 radical (unpaired) electrons. The molecule has 0 saturated heterocycles. The monoisotopic (exact) mass is 133 g/mol. The normalized spacial score (nSPS) is 13.7. The van der Waals surface area contributed by atoms with Gasteiger partial charge in [-0.2, -0.15) is 5.48 Å². The fraction of sp³-hybridized carbons (Fsp3) is 1.00. The molecule has 1 atom stereocenters. The first-order chi connectivity index (χ1) is 4.31. The summed E-state index contributed by atoms with van der Waals surface area (Å²) < 4.78 is 4.95. The minimum atomic E-state index is 0.219. The molecule has 0 fully saturated rings. The fourth-order valence-electron chi connectivity index (χ4n) is 0.362. The standard InChI is InChI=1S/C6H15NO2/c1-4-9-7-5-6(2)8-3/h6-7H,4-5H2,1-3H3. The Morgan fingerprint density at radius 2 is 2.22 bits per heavy atom. The molecule has 0 aliphatic rings. The van der Waals surface area contributed by atoms with E-state index in [4.69, 9.17) is 9.57 Å². The minimum absolute atomic E-state index is 0.219. The van der Waals surface area contributed by atoms with Crippen molar-refractivity contribution < 1.29 is 9.57 Å². The van der Waals surface area contributed by atoms with Crippen molar-refractivity contribution in [1.29, 1.82) is 0 Å². The highest BCUT2D eigenvalue weighted by molar-refractivity contribution is 4.46. The van der Waals surface area contributed by atoms with E-state index in [1.54, 1.807) is 7.11 Å². The van der Waals surface area contributed by atoms with Gasteiger partial charge < -0.3 is 9.57 Å². The predicted molar refractivity (Wildman–Crippen MR) is 36.1 cm³/mol. The van der Waals surface area contributed by atoms with Crippen molar-refractivity contribution in [3.05, 3.63) is 0 Å². The summed E-state index contributed by atoms with van der Waals surface area (Å²) in [4.78, 5) is 4.88. The summed E-state index contributed by atoms with van der Waals surface area (Å²) in [5, 5.41) is 0. The fourth-order valence-corrected chi connectivity index (χ4v) is 0.362. The van der Waals surface area contributed by atoms with E-state index in [0.29, 0.717) is 6.61 Å². The molecule has 0 aromatic carbocycles. The number of hydrogen-bond donors (Lipinski definition) is 1. The molecule has 3 nitrogen and oxygen atoms in total. The summed E-state index contributed by atoms with van der Waals surface area (Å²) >= 11 is 0. The zero-order chi connectivity index (χ0) is 7.11. The van der Waals surface area contributed by atoms with Crippen LogP contribution in [0.25, 0.3) is 0 Å². The first-order valence-corrected chi connectivity index (χ1v) is 3.18. The number of methoxy groups -OCH3 is 1. The lowest BCUT2D eigenvalue weighted by Gasteiger charge is -2.08.